The molecule has 0 spiro atoms. The first-order valence-corrected chi connectivity index (χ1v) is 6.93. The van der Waals surface area contributed by atoms with E-state index in [4.69, 9.17) is 4.74 Å². The van der Waals surface area contributed by atoms with Crippen molar-refractivity contribution in [2.24, 2.45) is 10.9 Å². The number of hydrogen-bond donors (Lipinski definition) is 2. The van der Waals surface area contributed by atoms with E-state index >= 15 is 0 Å². The number of nitrogens with one attached hydrogen (secondary N) is 2. The highest BCUT2D eigenvalue weighted by molar-refractivity contribution is 14.0. The Labute approximate surface area is 127 Å². The van der Waals surface area contributed by atoms with Gasteiger partial charge in [-0.2, -0.15) is 0 Å². The lowest BCUT2D eigenvalue weighted by atomic mass is 9.85. The second-order valence-corrected chi connectivity index (χ2v) is 5.10. The lowest BCUT2D eigenvalue weighted by Gasteiger charge is -2.27. The van der Waals surface area contributed by atoms with Crippen LogP contribution in [0.1, 0.15) is 38.5 Å². The van der Waals surface area contributed by atoms with Crippen LogP contribution >= 0.6 is 24.0 Å². The highest BCUT2D eigenvalue weighted by atomic mass is 127. The quantitative estimate of drug-likeness (QED) is 0.749. The minimum absolute atomic E-state index is 0. The summed E-state index contributed by atoms with van der Waals surface area (Å²) in [6.07, 6.45) is 8.05. The third kappa shape index (κ3) is 5.30. The smallest absolute Gasteiger partial charge is 0.191 e. The Morgan fingerprint density at radius 1 is 1.33 bits per heavy atom. The number of ether oxygens (including phenoxy) is 1. The predicted molar refractivity (Wildman–Crippen MR) is 85.7 cm³/mol. The Morgan fingerprint density at radius 2 is 2.11 bits per heavy atom. The summed E-state index contributed by atoms with van der Waals surface area (Å²) in [5, 5.41) is 6.69. The number of rotatable bonds is 4. The van der Waals surface area contributed by atoms with E-state index in [0.717, 1.165) is 37.9 Å². The minimum Gasteiger partial charge on any atom is -0.381 e. The number of aliphatic imine (C=N–C) groups is 1. The molecule has 1 saturated carbocycles. The fourth-order valence-corrected chi connectivity index (χ4v) is 2.70. The number of hydrogen-bond acceptors (Lipinski definition) is 4. The SMILES string of the molecule is COC1CCC(CCNC2=NCCCN2)CC1.I. The van der Waals surface area contributed by atoms with Gasteiger partial charge in [0.05, 0.1) is 6.10 Å². The zero-order chi connectivity index (χ0) is 11.9. The van der Waals surface area contributed by atoms with Crippen molar-refractivity contribution in [3.63, 3.8) is 0 Å². The van der Waals surface area contributed by atoms with Crippen LogP contribution in [0.15, 0.2) is 4.99 Å². The standard InChI is InChI=1S/C13H25N3O.HI/c1-17-12-5-3-11(4-6-12)7-10-16-13-14-8-2-9-15-13;/h11-12H,2-10H2,1H3,(H2,14,15,16);1H. The van der Waals surface area contributed by atoms with Gasteiger partial charge in [-0.1, -0.05) is 0 Å². The lowest BCUT2D eigenvalue weighted by molar-refractivity contribution is 0.0557. The number of nitrogens with zero attached hydrogens (tertiary/aromatic N) is 1. The molecule has 1 fully saturated rings. The van der Waals surface area contributed by atoms with E-state index in [9.17, 15) is 0 Å². The van der Waals surface area contributed by atoms with Crippen molar-refractivity contribution >= 4 is 29.9 Å². The maximum atomic E-state index is 5.39. The van der Waals surface area contributed by atoms with Crippen molar-refractivity contribution in [2.75, 3.05) is 26.7 Å². The van der Waals surface area contributed by atoms with E-state index in [1.54, 1.807) is 0 Å². The van der Waals surface area contributed by atoms with Gasteiger partial charge >= 0.3 is 0 Å². The summed E-state index contributed by atoms with van der Waals surface area (Å²) in [7, 11) is 1.83. The number of methoxy groups -OCH3 is 1. The van der Waals surface area contributed by atoms with Crippen molar-refractivity contribution in [1.82, 2.24) is 10.6 Å². The first kappa shape index (κ1) is 16.0. The van der Waals surface area contributed by atoms with Gasteiger partial charge in [0.2, 0.25) is 0 Å². The van der Waals surface area contributed by atoms with Gasteiger partial charge < -0.3 is 15.4 Å². The first-order valence-electron chi connectivity index (χ1n) is 6.93. The molecular formula is C13H26IN3O. The Hall–Kier alpha value is -0.0400. The van der Waals surface area contributed by atoms with E-state index in [1.807, 2.05) is 7.11 Å². The second-order valence-electron chi connectivity index (χ2n) is 5.10. The van der Waals surface area contributed by atoms with Crippen LogP contribution in [0.25, 0.3) is 0 Å². The summed E-state index contributed by atoms with van der Waals surface area (Å²) >= 11 is 0. The zero-order valence-corrected chi connectivity index (χ0v) is 13.6. The van der Waals surface area contributed by atoms with Crippen LogP contribution in [0.2, 0.25) is 0 Å². The predicted octanol–water partition coefficient (Wildman–Crippen LogP) is 2.14. The Kier molecular flexibility index (Phi) is 7.97. The van der Waals surface area contributed by atoms with E-state index in [2.05, 4.69) is 15.6 Å². The van der Waals surface area contributed by atoms with Crippen molar-refractivity contribution in [3.05, 3.63) is 0 Å². The normalized spacial score (nSPS) is 27.7. The van der Waals surface area contributed by atoms with Crippen LogP contribution < -0.4 is 10.6 Å². The molecule has 2 N–H and O–H groups in total. The minimum atomic E-state index is 0. The van der Waals surface area contributed by atoms with Crippen LogP contribution in [0.3, 0.4) is 0 Å². The summed E-state index contributed by atoms with van der Waals surface area (Å²) < 4.78 is 5.39. The van der Waals surface area contributed by atoms with E-state index in [0.29, 0.717) is 6.10 Å². The number of guanidine groups is 1. The first-order chi connectivity index (χ1) is 8.38. The molecule has 0 bridgehead atoms. The van der Waals surface area contributed by atoms with Crippen LogP contribution in [-0.2, 0) is 4.74 Å². The summed E-state index contributed by atoms with van der Waals surface area (Å²) in [5.74, 6) is 1.87. The summed E-state index contributed by atoms with van der Waals surface area (Å²) in [5.41, 5.74) is 0. The molecule has 4 nitrogen and oxygen atoms in total. The summed E-state index contributed by atoms with van der Waals surface area (Å²) in [6.45, 7) is 3.08. The zero-order valence-electron chi connectivity index (χ0n) is 11.3. The number of halogens is 1. The maximum absolute atomic E-state index is 5.39. The van der Waals surface area contributed by atoms with E-state index in [1.165, 1.54) is 32.1 Å². The Balaban J connectivity index is 0.00000162. The highest BCUT2D eigenvalue weighted by Crippen LogP contribution is 2.27. The molecule has 0 atom stereocenters. The van der Waals surface area contributed by atoms with Gasteiger partial charge in [0.25, 0.3) is 0 Å². The van der Waals surface area contributed by atoms with Crippen LogP contribution in [0, 0.1) is 5.92 Å². The van der Waals surface area contributed by atoms with Gasteiger partial charge in [-0.15, -0.1) is 24.0 Å². The highest BCUT2D eigenvalue weighted by Gasteiger charge is 2.20. The topological polar surface area (TPSA) is 45.6 Å². The average Bonchev–Trinajstić information content (AvgIpc) is 2.41. The molecule has 18 heavy (non-hydrogen) atoms. The van der Waals surface area contributed by atoms with Crippen LogP contribution in [0.5, 0.6) is 0 Å². The molecular weight excluding hydrogens is 341 g/mol. The molecule has 5 heteroatoms. The third-order valence-corrected chi connectivity index (χ3v) is 3.87. The van der Waals surface area contributed by atoms with Gasteiger partial charge in [-0.3, -0.25) is 4.99 Å². The molecule has 2 rings (SSSR count). The lowest BCUT2D eigenvalue weighted by Crippen LogP contribution is -2.41. The monoisotopic (exact) mass is 367 g/mol. The van der Waals surface area contributed by atoms with Crippen LogP contribution in [0.4, 0.5) is 0 Å². The van der Waals surface area contributed by atoms with Crippen molar-refractivity contribution < 1.29 is 4.74 Å². The molecule has 0 aromatic heterocycles. The molecule has 1 aliphatic heterocycles. The van der Waals surface area contributed by atoms with E-state index in [-0.39, 0.29) is 24.0 Å². The van der Waals surface area contributed by atoms with Crippen LogP contribution in [-0.4, -0.2) is 38.8 Å². The maximum Gasteiger partial charge on any atom is 0.191 e. The largest absolute Gasteiger partial charge is 0.381 e. The molecule has 0 unspecified atom stereocenters. The summed E-state index contributed by atoms with van der Waals surface area (Å²) in [6, 6.07) is 0. The third-order valence-electron chi connectivity index (χ3n) is 3.87. The average molecular weight is 367 g/mol. The molecule has 0 aromatic rings. The molecule has 1 heterocycles. The Morgan fingerprint density at radius 3 is 2.72 bits per heavy atom. The van der Waals surface area contributed by atoms with Gasteiger partial charge in [-0.05, 0) is 44.4 Å². The second kappa shape index (κ2) is 8.96. The molecule has 0 amide bonds. The fraction of sp³-hybridized carbons (Fsp3) is 0.923. The van der Waals surface area contributed by atoms with Gasteiger partial charge in [0.15, 0.2) is 5.96 Å². The molecule has 106 valence electrons. The van der Waals surface area contributed by atoms with Gasteiger partial charge in [0, 0.05) is 26.7 Å². The van der Waals surface area contributed by atoms with Crippen molar-refractivity contribution in [3.8, 4) is 0 Å². The van der Waals surface area contributed by atoms with Gasteiger partial charge in [-0.25, -0.2) is 0 Å². The van der Waals surface area contributed by atoms with Crippen molar-refractivity contribution in [2.45, 2.75) is 44.6 Å². The molecule has 2 aliphatic rings. The fourth-order valence-electron chi connectivity index (χ4n) is 2.70. The molecule has 0 saturated heterocycles. The summed E-state index contributed by atoms with van der Waals surface area (Å²) in [4.78, 5) is 4.41. The van der Waals surface area contributed by atoms with Gasteiger partial charge in [0.1, 0.15) is 0 Å². The molecule has 0 radical (unpaired) electrons. The van der Waals surface area contributed by atoms with E-state index < -0.39 is 0 Å². The molecule has 0 aromatic carbocycles. The molecule has 1 aliphatic carbocycles. The Bertz CT molecular complexity index is 253. The van der Waals surface area contributed by atoms with Crippen molar-refractivity contribution in [1.29, 1.82) is 0 Å².